The summed E-state index contributed by atoms with van der Waals surface area (Å²) in [7, 11) is 1.43. The Bertz CT molecular complexity index is 794. The monoisotopic (exact) mass is 370 g/mol. The van der Waals surface area contributed by atoms with Crippen LogP contribution in [-0.4, -0.2) is 37.0 Å². The number of methoxy groups -OCH3 is 1. The molecule has 0 fully saturated rings. The average molecular weight is 370 g/mol. The van der Waals surface area contributed by atoms with Crippen LogP contribution in [0.1, 0.15) is 30.0 Å². The Balaban J connectivity index is 1.53. The number of nitrogens with one attached hydrogen (secondary N) is 1. The zero-order chi connectivity index (χ0) is 19.2. The first-order chi connectivity index (χ1) is 13.1. The number of carbonyl (C=O) groups excluding carboxylic acids is 1. The van der Waals surface area contributed by atoms with E-state index in [4.69, 9.17) is 4.74 Å². The fourth-order valence-electron chi connectivity index (χ4n) is 3.66. The van der Waals surface area contributed by atoms with Crippen LogP contribution in [0.5, 0.6) is 5.75 Å². The predicted molar refractivity (Wildman–Crippen MR) is 104 cm³/mol. The smallest absolute Gasteiger partial charge is 0.224 e. The summed E-state index contributed by atoms with van der Waals surface area (Å²) in [5, 5.41) is 3.02. The van der Waals surface area contributed by atoms with Crippen molar-refractivity contribution in [1.82, 2.24) is 10.2 Å². The number of nitrogens with zero attached hydrogens (tertiary/aromatic N) is 1. The van der Waals surface area contributed by atoms with Gasteiger partial charge in [0, 0.05) is 25.7 Å². The molecule has 27 heavy (non-hydrogen) atoms. The highest BCUT2D eigenvalue weighted by atomic mass is 19.1. The standard InChI is InChI=1S/C22H27FN2O2/c1-3-19(25-11-10-17-6-4-5-7-18(17)15-25)14-24-22(26)13-16-8-9-21(27-2)20(23)12-16/h4-9,12,19H,3,10-11,13-15H2,1-2H3,(H,24,26)/t19-/m1/s1. The van der Waals surface area contributed by atoms with Gasteiger partial charge in [-0.2, -0.15) is 0 Å². The number of carbonyl (C=O) groups is 1. The predicted octanol–water partition coefficient (Wildman–Crippen LogP) is 3.33. The van der Waals surface area contributed by atoms with E-state index in [9.17, 15) is 9.18 Å². The van der Waals surface area contributed by atoms with Crippen molar-refractivity contribution in [3.8, 4) is 5.75 Å². The number of hydrogen-bond acceptors (Lipinski definition) is 3. The topological polar surface area (TPSA) is 41.6 Å². The molecule has 0 aliphatic carbocycles. The first kappa shape index (κ1) is 19.4. The van der Waals surface area contributed by atoms with Gasteiger partial charge in [0.1, 0.15) is 0 Å². The van der Waals surface area contributed by atoms with E-state index >= 15 is 0 Å². The third kappa shape index (κ3) is 4.86. The molecular weight excluding hydrogens is 343 g/mol. The number of ether oxygens (including phenoxy) is 1. The van der Waals surface area contributed by atoms with Gasteiger partial charge in [0.2, 0.25) is 5.91 Å². The van der Waals surface area contributed by atoms with Crippen LogP contribution in [0.4, 0.5) is 4.39 Å². The lowest BCUT2D eigenvalue weighted by Crippen LogP contribution is -2.46. The highest BCUT2D eigenvalue weighted by Gasteiger charge is 2.22. The van der Waals surface area contributed by atoms with E-state index in [1.165, 1.54) is 24.3 Å². The van der Waals surface area contributed by atoms with Crippen molar-refractivity contribution in [3.05, 3.63) is 65.0 Å². The SMILES string of the molecule is CC[C@H](CNC(=O)Cc1ccc(OC)c(F)c1)N1CCc2ccccc2C1. The first-order valence-corrected chi connectivity index (χ1v) is 9.50. The largest absolute Gasteiger partial charge is 0.494 e. The van der Waals surface area contributed by atoms with Crippen molar-refractivity contribution >= 4 is 5.91 Å². The molecule has 1 amide bonds. The van der Waals surface area contributed by atoms with Gasteiger partial charge in [-0.15, -0.1) is 0 Å². The van der Waals surface area contributed by atoms with Gasteiger partial charge in [-0.05, 0) is 41.7 Å². The zero-order valence-electron chi connectivity index (χ0n) is 16.0. The molecule has 0 bridgehead atoms. The molecule has 0 aromatic heterocycles. The maximum Gasteiger partial charge on any atom is 0.224 e. The van der Waals surface area contributed by atoms with Crippen molar-refractivity contribution < 1.29 is 13.9 Å². The number of rotatable bonds is 7. The number of benzene rings is 2. The Kier molecular flexibility index (Phi) is 6.45. The van der Waals surface area contributed by atoms with Gasteiger partial charge in [-0.1, -0.05) is 37.3 Å². The third-order valence-corrected chi connectivity index (χ3v) is 5.26. The summed E-state index contributed by atoms with van der Waals surface area (Å²) in [5.41, 5.74) is 3.45. The molecule has 144 valence electrons. The molecule has 5 heteroatoms. The van der Waals surface area contributed by atoms with Gasteiger partial charge in [-0.25, -0.2) is 4.39 Å². The summed E-state index contributed by atoms with van der Waals surface area (Å²) < 4.78 is 18.7. The summed E-state index contributed by atoms with van der Waals surface area (Å²) in [5.74, 6) is -0.341. The van der Waals surface area contributed by atoms with Crippen LogP contribution in [0.2, 0.25) is 0 Å². The van der Waals surface area contributed by atoms with Crippen LogP contribution in [0, 0.1) is 5.82 Å². The van der Waals surface area contributed by atoms with Crippen molar-refractivity contribution in [2.24, 2.45) is 0 Å². The van der Waals surface area contributed by atoms with Crippen LogP contribution in [-0.2, 0) is 24.2 Å². The Morgan fingerprint density at radius 2 is 2.04 bits per heavy atom. The molecule has 1 aliphatic heterocycles. The lowest BCUT2D eigenvalue weighted by molar-refractivity contribution is -0.120. The van der Waals surface area contributed by atoms with E-state index in [2.05, 4.69) is 41.4 Å². The molecule has 4 nitrogen and oxygen atoms in total. The molecule has 3 rings (SSSR count). The van der Waals surface area contributed by atoms with Crippen LogP contribution in [0.3, 0.4) is 0 Å². The molecule has 1 atom stereocenters. The first-order valence-electron chi connectivity index (χ1n) is 9.50. The minimum Gasteiger partial charge on any atom is -0.494 e. The maximum atomic E-state index is 13.8. The Hall–Kier alpha value is -2.40. The molecule has 2 aromatic rings. The summed E-state index contributed by atoms with van der Waals surface area (Å²) in [6.45, 7) is 4.69. The lowest BCUT2D eigenvalue weighted by Gasteiger charge is -2.35. The summed E-state index contributed by atoms with van der Waals surface area (Å²) in [6, 6.07) is 13.5. The molecule has 0 spiro atoms. The zero-order valence-corrected chi connectivity index (χ0v) is 16.0. The molecule has 0 unspecified atom stereocenters. The summed E-state index contributed by atoms with van der Waals surface area (Å²) in [6.07, 6.45) is 2.19. The molecule has 1 heterocycles. The molecular formula is C22H27FN2O2. The summed E-state index contributed by atoms with van der Waals surface area (Å²) in [4.78, 5) is 14.7. The Labute approximate surface area is 160 Å². The van der Waals surface area contributed by atoms with Gasteiger partial charge >= 0.3 is 0 Å². The van der Waals surface area contributed by atoms with Crippen LogP contribution < -0.4 is 10.1 Å². The van der Waals surface area contributed by atoms with E-state index in [0.717, 1.165) is 25.9 Å². The van der Waals surface area contributed by atoms with Crippen LogP contribution in [0.15, 0.2) is 42.5 Å². The van der Waals surface area contributed by atoms with Crippen molar-refractivity contribution in [3.63, 3.8) is 0 Å². The fraction of sp³-hybridized carbons (Fsp3) is 0.409. The van der Waals surface area contributed by atoms with Crippen molar-refractivity contribution in [1.29, 1.82) is 0 Å². The van der Waals surface area contributed by atoms with E-state index in [0.29, 0.717) is 18.2 Å². The number of fused-ring (bicyclic) bond motifs is 1. The van der Waals surface area contributed by atoms with Gasteiger partial charge in [0.05, 0.1) is 13.5 Å². The molecule has 0 saturated carbocycles. The lowest BCUT2D eigenvalue weighted by atomic mass is 9.98. The normalized spacial score (nSPS) is 15.1. The molecule has 0 saturated heterocycles. The van der Waals surface area contributed by atoms with E-state index in [-0.39, 0.29) is 18.1 Å². The van der Waals surface area contributed by atoms with Crippen molar-refractivity contribution in [2.75, 3.05) is 20.2 Å². The Morgan fingerprint density at radius 1 is 1.26 bits per heavy atom. The van der Waals surface area contributed by atoms with Crippen LogP contribution in [0.25, 0.3) is 0 Å². The van der Waals surface area contributed by atoms with E-state index < -0.39 is 5.82 Å². The van der Waals surface area contributed by atoms with E-state index in [1.807, 2.05) is 0 Å². The minimum atomic E-state index is -0.443. The summed E-state index contributed by atoms with van der Waals surface area (Å²) >= 11 is 0. The highest BCUT2D eigenvalue weighted by Crippen LogP contribution is 2.21. The minimum absolute atomic E-state index is 0.0876. The average Bonchev–Trinajstić information content (AvgIpc) is 2.68. The second-order valence-electron chi connectivity index (χ2n) is 7.00. The third-order valence-electron chi connectivity index (χ3n) is 5.26. The molecule has 0 radical (unpaired) electrons. The molecule has 1 N–H and O–H groups in total. The number of amides is 1. The van der Waals surface area contributed by atoms with Gasteiger partial charge in [0.15, 0.2) is 11.6 Å². The number of halogens is 1. The Morgan fingerprint density at radius 3 is 2.74 bits per heavy atom. The molecule has 2 aromatic carbocycles. The van der Waals surface area contributed by atoms with Gasteiger partial charge in [0.25, 0.3) is 0 Å². The quantitative estimate of drug-likeness (QED) is 0.813. The van der Waals surface area contributed by atoms with Gasteiger partial charge in [-0.3, -0.25) is 9.69 Å². The highest BCUT2D eigenvalue weighted by molar-refractivity contribution is 5.78. The van der Waals surface area contributed by atoms with E-state index in [1.54, 1.807) is 12.1 Å². The van der Waals surface area contributed by atoms with Crippen LogP contribution >= 0.6 is 0 Å². The van der Waals surface area contributed by atoms with Gasteiger partial charge < -0.3 is 10.1 Å². The second kappa shape index (κ2) is 9.00. The second-order valence-corrected chi connectivity index (χ2v) is 7.00. The number of hydrogen-bond donors (Lipinski definition) is 1. The maximum absolute atomic E-state index is 13.8. The fourth-order valence-corrected chi connectivity index (χ4v) is 3.66. The molecule has 1 aliphatic rings. The van der Waals surface area contributed by atoms with Crippen molar-refractivity contribution in [2.45, 2.75) is 38.8 Å².